The number of benzene rings is 3. The predicted molar refractivity (Wildman–Crippen MR) is 406 cm³/mol. The number of carboxylic acid groups (broad SMARTS) is 4. The Morgan fingerprint density at radius 1 is 0.526 bits per heavy atom. The molecule has 0 bridgehead atoms. The van der Waals surface area contributed by atoms with E-state index in [0.717, 1.165) is 58.3 Å². The number of aliphatic hydroxyl groups is 1. The van der Waals surface area contributed by atoms with E-state index in [2.05, 4.69) is 60.1 Å². The molecule has 1 heterocycles. The van der Waals surface area contributed by atoms with E-state index in [1.807, 2.05) is 16.0 Å². The summed E-state index contributed by atoms with van der Waals surface area (Å²) >= 11 is 0. The number of carbonyl (C=O) groups excluding carboxylic acids is 16. The fraction of sp³-hybridized carbons (Fsp3) is 0.514. The van der Waals surface area contributed by atoms with Gasteiger partial charge in [0.1, 0.15) is 72.6 Å². The molecular formula is C74H102N16O26. The standard InChI is InChI=1S/C74H102N16O26/c1-5-6-7-8-9-10-11-25-55(94)82-46(28-41-20-16-19-40-18-12-13-21-42(40)41)68(109)85-47(30-54(77)93)69(110)87-50(33-61(103)104)70(111)90-63-39(4)116-74(115)51(29-53(92)43-22-14-15-23-44(43)76)88-73(114)62(37(2)27-58(97)98)89-71(112)52(36-91)83-57(96)34-78-65(106)48(31-59(99)100)84-64(105)38(3)80-67(108)49(32-60(101)102)86-66(107)45(24-17-26-75)81-56(95)35-79-72(63)113/h12-16,18-23,37-39,45-52,62-63,91H,5-11,17,24-36,75-76H2,1-4H3,(H2,77,93)(H,78,106)(H,79,113)(H,80,108)(H,81,95)(H,82,94)(H,83,96)(H,84,105)(H,85,109)(H,86,107)(H,87,110)(H,88,114)(H,89,112)(H,90,111)(H,97,98)(H,99,100)(H,101,102)(H,103,104)/t37?,38-,39-,45+,46+,47-,48+,49+,50+,51+,52-,62+,63+/m1/s1. The molecule has 3 aromatic rings. The zero-order chi connectivity index (χ0) is 86.5. The average Bonchev–Trinajstić information content (AvgIpc) is 0.817. The summed E-state index contributed by atoms with van der Waals surface area (Å²) in [4.78, 5) is 273. The number of Topliss-reactive ketones (excluding diaryl/α,β-unsaturated/α-hetero) is 1. The largest absolute Gasteiger partial charge is 0.481 e. The molecule has 14 amide bonds. The van der Waals surface area contributed by atoms with Crippen molar-refractivity contribution in [3.8, 4) is 0 Å². The Balaban J connectivity index is 1.88. The Morgan fingerprint density at radius 3 is 1.66 bits per heavy atom. The van der Waals surface area contributed by atoms with Gasteiger partial charge in [-0.1, -0.05) is 107 Å². The molecule has 0 aliphatic carbocycles. The summed E-state index contributed by atoms with van der Waals surface area (Å²) in [5, 5.41) is 79.6. The highest BCUT2D eigenvalue weighted by Crippen LogP contribution is 2.22. The molecule has 24 N–H and O–H groups in total. The lowest BCUT2D eigenvalue weighted by Gasteiger charge is -2.30. The summed E-state index contributed by atoms with van der Waals surface area (Å²) in [6.07, 6.45) is -3.89. The third-order valence-corrected chi connectivity index (χ3v) is 18.1. The second kappa shape index (κ2) is 48.3. The number of hydrogen-bond donors (Lipinski definition) is 21. The van der Waals surface area contributed by atoms with Gasteiger partial charge in [-0.15, -0.1) is 0 Å². The molecule has 3 aromatic carbocycles. The maximum Gasteiger partial charge on any atom is 0.329 e. The van der Waals surface area contributed by atoms with Gasteiger partial charge in [-0.2, -0.15) is 0 Å². The van der Waals surface area contributed by atoms with Crippen molar-refractivity contribution < 1.29 is 126 Å². The Bertz CT molecular complexity index is 4080. The van der Waals surface area contributed by atoms with Gasteiger partial charge in [0.15, 0.2) is 5.78 Å². The number of nitrogen functional groups attached to an aromatic ring is 1. The number of cyclic esters (lactones) is 1. The molecule has 42 nitrogen and oxygen atoms in total. The van der Waals surface area contributed by atoms with Gasteiger partial charge < -0.3 is 117 Å². The van der Waals surface area contributed by atoms with Crippen LogP contribution in [0.2, 0.25) is 0 Å². The van der Waals surface area contributed by atoms with E-state index >= 15 is 0 Å². The van der Waals surface area contributed by atoms with Gasteiger partial charge in [0, 0.05) is 30.5 Å². The van der Waals surface area contributed by atoms with Crippen LogP contribution in [-0.4, -0.2) is 243 Å². The minimum absolute atomic E-state index is 0.0170. The van der Waals surface area contributed by atoms with E-state index in [1.54, 1.807) is 42.5 Å². The van der Waals surface area contributed by atoms with Crippen LogP contribution in [0.1, 0.15) is 146 Å². The Morgan fingerprint density at radius 2 is 1.06 bits per heavy atom. The van der Waals surface area contributed by atoms with E-state index in [-0.39, 0.29) is 37.1 Å². The van der Waals surface area contributed by atoms with Crippen LogP contribution in [0.4, 0.5) is 5.69 Å². The number of esters is 1. The summed E-state index contributed by atoms with van der Waals surface area (Å²) in [5.74, 6) is -29.7. The van der Waals surface area contributed by atoms with E-state index < -0.39 is 261 Å². The minimum Gasteiger partial charge on any atom is -0.481 e. The molecule has 0 saturated carbocycles. The number of para-hydroxylation sites is 1. The first-order valence-corrected chi connectivity index (χ1v) is 37.2. The number of unbranched alkanes of at least 4 members (excludes halogenated alkanes) is 6. The summed E-state index contributed by atoms with van der Waals surface area (Å²) in [6.45, 7) is 1.12. The van der Waals surface area contributed by atoms with E-state index in [0.29, 0.717) is 23.8 Å². The van der Waals surface area contributed by atoms with Gasteiger partial charge in [-0.3, -0.25) is 91.1 Å². The van der Waals surface area contributed by atoms with Crippen molar-refractivity contribution in [2.75, 3.05) is 32.0 Å². The summed E-state index contributed by atoms with van der Waals surface area (Å²) in [7, 11) is 0. The van der Waals surface area contributed by atoms with Gasteiger partial charge in [-0.05, 0) is 74.0 Å². The van der Waals surface area contributed by atoms with Crippen molar-refractivity contribution in [2.45, 2.75) is 209 Å². The average molecular weight is 1630 g/mol. The normalized spacial score (nSPS) is 21.1. The summed E-state index contributed by atoms with van der Waals surface area (Å²) in [6, 6.07) is -5.21. The van der Waals surface area contributed by atoms with Crippen LogP contribution >= 0.6 is 0 Å². The number of amides is 14. The van der Waals surface area contributed by atoms with Crippen LogP contribution in [0.25, 0.3) is 10.8 Å². The van der Waals surface area contributed by atoms with Gasteiger partial charge in [-0.25, -0.2) is 4.79 Å². The van der Waals surface area contributed by atoms with Crippen LogP contribution in [-0.2, 0) is 102 Å². The number of carboxylic acids is 4. The first kappa shape index (κ1) is 95.6. The minimum atomic E-state index is -2.45. The highest BCUT2D eigenvalue weighted by atomic mass is 16.5. The van der Waals surface area contributed by atoms with Crippen LogP contribution in [0.3, 0.4) is 0 Å². The van der Waals surface area contributed by atoms with Crippen molar-refractivity contribution in [3.63, 3.8) is 0 Å². The highest BCUT2D eigenvalue weighted by molar-refractivity contribution is 6.05. The zero-order valence-electron chi connectivity index (χ0n) is 64.2. The van der Waals surface area contributed by atoms with Crippen molar-refractivity contribution in [1.82, 2.24) is 69.1 Å². The number of ketones is 1. The Kier molecular flexibility index (Phi) is 39.8. The lowest BCUT2D eigenvalue weighted by molar-refractivity contribution is -0.156. The first-order valence-electron chi connectivity index (χ1n) is 37.2. The predicted octanol–water partition coefficient (Wildman–Crippen LogP) is -4.95. The monoisotopic (exact) mass is 1630 g/mol. The number of aliphatic hydroxyl groups excluding tert-OH is 1. The fourth-order valence-corrected chi connectivity index (χ4v) is 11.9. The molecule has 0 spiro atoms. The molecule has 13 atom stereocenters. The quantitative estimate of drug-likeness (QED) is 0.0114. The topological polar surface area (TPSA) is 686 Å². The molecule has 634 valence electrons. The SMILES string of the molecule is CCCCCCCCCC(=O)N[C@@H](Cc1cccc2ccccc12)C(=O)N[C@H](CC(N)=O)C(=O)N[C@@H](CC(=O)O)C(=O)N[C@@H]1C(=O)NCC(=O)N[C@@H](CCCN)C(=O)N[C@@H](CC(=O)O)C(=O)N[C@H](C)C(=O)N[C@@H](CC(=O)O)C(=O)NCC(=O)N[C@H](CO)C(=O)N[C@@H](C(C)CC(=O)O)C(=O)N[C@@H](CC(=O)c2ccccc2N)C(=O)O[C@@H]1C. The Hall–Kier alpha value is -12.8. The van der Waals surface area contributed by atoms with Gasteiger partial charge in [0.2, 0.25) is 82.7 Å². The highest BCUT2D eigenvalue weighted by Gasteiger charge is 2.41. The number of rotatable bonds is 35. The van der Waals surface area contributed by atoms with Crippen LogP contribution in [0, 0.1) is 5.92 Å². The van der Waals surface area contributed by atoms with Gasteiger partial charge >= 0.3 is 29.8 Å². The second-order valence-corrected chi connectivity index (χ2v) is 27.5. The number of anilines is 1. The number of nitrogens with two attached hydrogens (primary N) is 3. The lowest BCUT2D eigenvalue weighted by atomic mass is 9.96. The summed E-state index contributed by atoms with van der Waals surface area (Å²) in [5.41, 5.74) is 17.5. The molecule has 4 rings (SSSR count). The molecule has 1 aliphatic heterocycles. The third kappa shape index (κ3) is 32.8. The number of hydrogen-bond acceptors (Lipinski definition) is 24. The van der Waals surface area contributed by atoms with Crippen molar-refractivity contribution in [2.24, 2.45) is 17.4 Å². The molecule has 1 aliphatic rings. The number of primary amides is 1. The maximum atomic E-state index is 14.9. The van der Waals surface area contributed by atoms with Gasteiger partial charge in [0.25, 0.3) is 0 Å². The number of carbonyl (C=O) groups is 20. The van der Waals surface area contributed by atoms with E-state index in [1.165, 1.54) is 24.3 Å². The Labute approximate surface area is 664 Å². The molecule has 0 radical (unpaired) electrons. The molecule has 116 heavy (non-hydrogen) atoms. The van der Waals surface area contributed by atoms with Crippen LogP contribution < -0.4 is 86.3 Å². The zero-order valence-corrected chi connectivity index (χ0v) is 64.2. The lowest BCUT2D eigenvalue weighted by Crippen LogP contribution is -2.62. The number of ether oxygens (including phenoxy) is 1. The van der Waals surface area contributed by atoms with Crippen LogP contribution in [0.15, 0.2) is 66.7 Å². The number of aliphatic carboxylic acids is 4. The molecule has 1 saturated heterocycles. The molecule has 0 aromatic heterocycles. The first-order chi connectivity index (χ1) is 54.9. The molecule has 1 fully saturated rings. The van der Waals surface area contributed by atoms with Gasteiger partial charge in [0.05, 0.1) is 51.8 Å². The second-order valence-electron chi connectivity index (χ2n) is 27.5. The molecular weight excluding hydrogens is 1530 g/mol. The number of fused-ring (bicyclic) bond motifs is 1. The summed E-state index contributed by atoms with van der Waals surface area (Å²) < 4.78 is 5.69. The molecule has 42 heteroatoms. The smallest absolute Gasteiger partial charge is 0.329 e. The van der Waals surface area contributed by atoms with Crippen LogP contribution in [0.5, 0.6) is 0 Å². The number of nitrogens with one attached hydrogen (secondary N) is 13. The third-order valence-electron chi connectivity index (χ3n) is 18.1. The molecule has 1 unspecified atom stereocenters. The van der Waals surface area contributed by atoms with E-state index in [4.69, 9.17) is 21.9 Å². The van der Waals surface area contributed by atoms with E-state index in [9.17, 15) is 121 Å². The fourth-order valence-electron chi connectivity index (χ4n) is 11.9. The van der Waals surface area contributed by atoms with Crippen molar-refractivity contribution >= 4 is 135 Å². The van der Waals surface area contributed by atoms with Crippen molar-refractivity contribution in [1.29, 1.82) is 0 Å². The maximum absolute atomic E-state index is 14.9. The van der Waals surface area contributed by atoms with Crippen molar-refractivity contribution in [3.05, 3.63) is 77.9 Å².